The van der Waals surface area contributed by atoms with Crippen LogP contribution in [0.2, 0.25) is 0 Å². The number of nitrogen functional groups attached to an aromatic ring is 1. The van der Waals surface area contributed by atoms with Crippen LogP contribution in [0.5, 0.6) is 11.5 Å². The van der Waals surface area contributed by atoms with E-state index in [1.165, 1.54) is 0 Å². The van der Waals surface area contributed by atoms with Crippen molar-refractivity contribution in [1.29, 1.82) is 0 Å². The van der Waals surface area contributed by atoms with Crippen LogP contribution < -0.4 is 20.9 Å². The number of primary amides is 1. The first-order valence-electron chi connectivity index (χ1n) is 6.64. The molecule has 0 heterocycles. The minimum absolute atomic E-state index is 0.306. The van der Waals surface area contributed by atoms with E-state index in [1.807, 2.05) is 31.2 Å². The third kappa shape index (κ3) is 3.89. The molecule has 2 rings (SSSR count). The molecule has 110 valence electrons. The van der Waals surface area contributed by atoms with Crippen molar-refractivity contribution in [2.24, 2.45) is 5.73 Å². The van der Waals surface area contributed by atoms with E-state index in [1.54, 1.807) is 18.2 Å². The van der Waals surface area contributed by atoms with E-state index in [9.17, 15) is 4.79 Å². The van der Waals surface area contributed by atoms with Crippen LogP contribution in [0.15, 0.2) is 42.5 Å². The molecule has 0 saturated carbocycles. The first kappa shape index (κ1) is 14.7. The summed E-state index contributed by atoms with van der Waals surface area (Å²) in [4.78, 5) is 11.1. The number of amides is 1. The zero-order chi connectivity index (χ0) is 15.2. The van der Waals surface area contributed by atoms with Gasteiger partial charge in [-0.05, 0) is 31.2 Å². The van der Waals surface area contributed by atoms with Crippen molar-refractivity contribution in [3.63, 3.8) is 0 Å². The average molecular weight is 286 g/mol. The van der Waals surface area contributed by atoms with Crippen LogP contribution in [-0.2, 0) is 6.61 Å². The molecule has 2 aromatic carbocycles. The molecule has 0 aromatic heterocycles. The van der Waals surface area contributed by atoms with E-state index in [0.29, 0.717) is 30.2 Å². The van der Waals surface area contributed by atoms with Gasteiger partial charge in [0.1, 0.15) is 18.1 Å². The van der Waals surface area contributed by atoms with Crippen LogP contribution in [-0.4, -0.2) is 12.5 Å². The Morgan fingerprint density at radius 3 is 2.43 bits per heavy atom. The van der Waals surface area contributed by atoms with Gasteiger partial charge in [0.15, 0.2) is 0 Å². The van der Waals surface area contributed by atoms with Crippen LogP contribution in [0.1, 0.15) is 22.8 Å². The molecule has 5 heteroatoms. The summed E-state index contributed by atoms with van der Waals surface area (Å²) in [6.07, 6.45) is 0. The van der Waals surface area contributed by atoms with Gasteiger partial charge in [0.25, 0.3) is 0 Å². The smallest absolute Gasteiger partial charge is 0.248 e. The summed E-state index contributed by atoms with van der Waals surface area (Å²) >= 11 is 0. The Balaban J connectivity index is 2.06. The molecular weight excluding hydrogens is 268 g/mol. The highest BCUT2D eigenvalue weighted by Gasteiger charge is 2.06. The Bertz CT molecular complexity index is 641. The lowest BCUT2D eigenvalue weighted by Gasteiger charge is -2.10. The molecule has 5 nitrogen and oxygen atoms in total. The molecule has 0 spiro atoms. The van der Waals surface area contributed by atoms with Gasteiger partial charge in [-0.3, -0.25) is 4.79 Å². The van der Waals surface area contributed by atoms with Gasteiger partial charge >= 0.3 is 0 Å². The van der Waals surface area contributed by atoms with Gasteiger partial charge in [-0.2, -0.15) is 0 Å². The van der Waals surface area contributed by atoms with Crippen molar-refractivity contribution in [3.8, 4) is 11.5 Å². The molecule has 4 N–H and O–H groups in total. The van der Waals surface area contributed by atoms with E-state index in [-0.39, 0.29) is 0 Å². The van der Waals surface area contributed by atoms with Crippen molar-refractivity contribution >= 4 is 11.6 Å². The molecule has 2 aromatic rings. The largest absolute Gasteiger partial charge is 0.494 e. The second-order valence-electron chi connectivity index (χ2n) is 4.47. The SMILES string of the molecule is CCOc1cccc(OCc2ccc(C(N)=O)cc2N)c1. The molecule has 21 heavy (non-hydrogen) atoms. The summed E-state index contributed by atoms with van der Waals surface area (Å²) in [6.45, 7) is 2.83. The number of ether oxygens (including phenoxy) is 2. The predicted molar refractivity (Wildman–Crippen MR) is 81.3 cm³/mol. The number of hydrogen-bond donors (Lipinski definition) is 2. The molecular formula is C16H18N2O3. The molecule has 0 radical (unpaired) electrons. The van der Waals surface area contributed by atoms with Crippen molar-refractivity contribution in [1.82, 2.24) is 0 Å². The van der Waals surface area contributed by atoms with E-state index in [4.69, 9.17) is 20.9 Å². The van der Waals surface area contributed by atoms with Gasteiger partial charge in [0.05, 0.1) is 6.61 Å². The van der Waals surface area contributed by atoms with Crippen LogP contribution in [0.4, 0.5) is 5.69 Å². The maximum absolute atomic E-state index is 11.1. The molecule has 0 unspecified atom stereocenters. The number of nitrogens with two attached hydrogens (primary N) is 2. The Morgan fingerprint density at radius 1 is 1.10 bits per heavy atom. The third-order valence-corrected chi connectivity index (χ3v) is 2.94. The topological polar surface area (TPSA) is 87.6 Å². The molecule has 0 aliphatic rings. The molecule has 0 saturated heterocycles. The van der Waals surface area contributed by atoms with Gasteiger partial charge in [-0.1, -0.05) is 12.1 Å². The third-order valence-electron chi connectivity index (χ3n) is 2.94. The Kier molecular flexibility index (Phi) is 4.66. The lowest BCUT2D eigenvalue weighted by molar-refractivity contribution is 0.100. The summed E-state index contributed by atoms with van der Waals surface area (Å²) in [6, 6.07) is 12.3. The number of hydrogen-bond acceptors (Lipinski definition) is 4. The van der Waals surface area contributed by atoms with Crippen molar-refractivity contribution in [3.05, 3.63) is 53.6 Å². The monoisotopic (exact) mass is 286 g/mol. The number of benzene rings is 2. The highest BCUT2D eigenvalue weighted by atomic mass is 16.5. The van der Waals surface area contributed by atoms with Crippen LogP contribution >= 0.6 is 0 Å². The van der Waals surface area contributed by atoms with Gasteiger partial charge < -0.3 is 20.9 Å². The van der Waals surface area contributed by atoms with E-state index in [2.05, 4.69) is 0 Å². The van der Waals surface area contributed by atoms with Crippen molar-refractivity contribution < 1.29 is 14.3 Å². The first-order chi connectivity index (χ1) is 10.1. The predicted octanol–water partition coefficient (Wildman–Crippen LogP) is 2.35. The minimum Gasteiger partial charge on any atom is -0.494 e. The summed E-state index contributed by atoms with van der Waals surface area (Å²) < 4.78 is 11.1. The van der Waals surface area contributed by atoms with Crippen molar-refractivity contribution in [2.75, 3.05) is 12.3 Å². The zero-order valence-corrected chi connectivity index (χ0v) is 11.8. The van der Waals surface area contributed by atoms with Crippen LogP contribution in [0.3, 0.4) is 0 Å². The van der Waals surface area contributed by atoms with E-state index in [0.717, 1.165) is 11.3 Å². The van der Waals surface area contributed by atoms with Gasteiger partial charge in [0.2, 0.25) is 5.91 Å². The second-order valence-corrected chi connectivity index (χ2v) is 4.47. The Labute approximate surface area is 123 Å². The van der Waals surface area contributed by atoms with Crippen molar-refractivity contribution in [2.45, 2.75) is 13.5 Å². The highest BCUT2D eigenvalue weighted by Crippen LogP contribution is 2.22. The maximum atomic E-state index is 11.1. The lowest BCUT2D eigenvalue weighted by Crippen LogP contribution is -2.12. The molecule has 0 atom stereocenters. The number of anilines is 1. The zero-order valence-electron chi connectivity index (χ0n) is 11.8. The molecule has 0 aliphatic carbocycles. The van der Waals surface area contributed by atoms with Crippen LogP contribution in [0, 0.1) is 0 Å². The normalized spacial score (nSPS) is 10.1. The fourth-order valence-corrected chi connectivity index (χ4v) is 1.86. The van der Waals surface area contributed by atoms with Gasteiger partial charge in [-0.25, -0.2) is 0 Å². The average Bonchev–Trinajstić information content (AvgIpc) is 2.46. The number of carbonyl (C=O) groups excluding carboxylic acids is 1. The Hall–Kier alpha value is -2.69. The van der Waals surface area contributed by atoms with E-state index < -0.39 is 5.91 Å². The minimum atomic E-state index is -0.501. The summed E-state index contributed by atoms with van der Waals surface area (Å²) in [5, 5.41) is 0. The molecule has 0 aliphatic heterocycles. The quantitative estimate of drug-likeness (QED) is 0.798. The number of rotatable bonds is 6. The fourth-order valence-electron chi connectivity index (χ4n) is 1.86. The number of carbonyl (C=O) groups is 1. The standard InChI is InChI=1S/C16H18N2O3/c1-2-20-13-4-3-5-14(9-13)21-10-12-7-6-11(16(18)19)8-15(12)17/h3-9H,2,10,17H2,1H3,(H2,18,19). The summed E-state index contributed by atoms with van der Waals surface area (Å²) in [7, 11) is 0. The fraction of sp³-hybridized carbons (Fsp3) is 0.188. The van der Waals surface area contributed by atoms with E-state index >= 15 is 0 Å². The summed E-state index contributed by atoms with van der Waals surface area (Å²) in [5.41, 5.74) is 12.7. The highest BCUT2D eigenvalue weighted by molar-refractivity contribution is 5.93. The van der Waals surface area contributed by atoms with Crippen LogP contribution in [0.25, 0.3) is 0 Å². The summed E-state index contributed by atoms with van der Waals surface area (Å²) in [5.74, 6) is 0.949. The molecule has 0 fully saturated rings. The molecule has 1 amide bonds. The second kappa shape index (κ2) is 6.65. The van der Waals surface area contributed by atoms with Gasteiger partial charge in [-0.15, -0.1) is 0 Å². The maximum Gasteiger partial charge on any atom is 0.248 e. The Morgan fingerprint density at radius 2 is 1.81 bits per heavy atom. The lowest BCUT2D eigenvalue weighted by atomic mass is 10.1. The first-order valence-corrected chi connectivity index (χ1v) is 6.64. The van der Waals surface area contributed by atoms with Gasteiger partial charge in [0, 0.05) is 22.9 Å². The molecule has 0 bridgehead atoms.